The molecule has 0 aliphatic heterocycles. The highest BCUT2D eigenvalue weighted by Gasteiger charge is 2.31. The first-order valence-corrected chi connectivity index (χ1v) is 12.8. The van der Waals surface area contributed by atoms with Crippen LogP contribution in [0.4, 0.5) is 0 Å². The Morgan fingerprint density at radius 1 is 0.944 bits per heavy atom. The zero-order valence-corrected chi connectivity index (χ0v) is 22.4. The molecule has 0 aliphatic carbocycles. The van der Waals surface area contributed by atoms with Gasteiger partial charge >= 0.3 is 0 Å². The summed E-state index contributed by atoms with van der Waals surface area (Å²) in [5.41, 5.74) is 3.73. The Labute approximate surface area is 223 Å². The Kier molecular flexibility index (Phi) is 10.2. The summed E-state index contributed by atoms with van der Waals surface area (Å²) >= 11 is 12.9. The predicted octanol–water partition coefficient (Wildman–Crippen LogP) is 6.16. The minimum atomic E-state index is -0.776. The maximum atomic E-state index is 13.6. The summed E-state index contributed by atoms with van der Waals surface area (Å²) < 4.78 is 5.86. The van der Waals surface area contributed by atoms with Gasteiger partial charge in [-0.25, -0.2) is 0 Å². The van der Waals surface area contributed by atoms with Crippen LogP contribution in [0.25, 0.3) is 0 Å². The second-order valence-corrected chi connectivity index (χ2v) is 9.57. The highest BCUT2D eigenvalue weighted by molar-refractivity contribution is 6.36. The summed E-state index contributed by atoms with van der Waals surface area (Å²) in [4.78, 5) is 28.5. The molecule has 0 saturated carbocycles. The number of amides is 2. The van der Waals surface area contributed by atoms with Gasteiger partial charge in [0.05, 0.1) is 0 Å². The van der Waals surface area contributed by atoms with Crippen molar-refractivity contribution in [2.45, 2.75) is 46.2 Å². The summed E-state index contributed by atoms with van der Waals surface area (Å²) in [6.45, 7) is 6.35. The summed E-state index contributed by atoms with van der Waals surface area (Å²) in [7, 11) is 0. The molecule has 3 aromatic rings. The number of carbonyl (C=O) groups is 2. The molecule has 0 saturated heterocycles. The minimum absolute atomic E-state index is 0.0741. The number of aryl methyl sites for hydroxylation is 2. The van der Waals surface area contributed by atoms with E-state index in [0.717, 1.165) is 23.1 Å². The molecule has 0 aliphatic rings. The van der Waals surface area contributed by atoms with Crippen molar-refractivity contribution >= 4 is 35.0 Å². The zero-order valence-electron chi connectivity index (χ0n) is 20.9. The van der Waals surface area contributed by atoms with Crippen molar-refractivity contribution < 1.29 is 14.3 Å². The molecule has 7 heteroatoms. The molecule has 36 heavy (non-hydrogen) atoms. The van der Waals surface area contributed by atoms with Crippen LogP contribution in [0.2, 0.25) is 10.0 Å². The highest BCUT2D eigenvalue weighted by atomic mass is 35.5. The van der Waals surface area contributed by atoms with Crippen molar-refractivity contribution in [1.82, 2.24) is 10.2 Å². The van der Waals surface area contributed by atoms with Crippen LogP contribution in [-0.4, -0.2) is 35.9 Å². The van der Waals surface area contributed by atoms with E-state index in [1.165, 1.54) is 4.90 Å². The summed E-state index contributed by atoms with van der Waals surface area (Å²) in [5, 5.41) is 3.82. The highest BCUT2D eigenvalue weighted by Crippen LogP contribution is 2.27. The van der Waals surface area contributed by atoms with Crippen molar-refractivity contribution in [2.24, 2.45) is 0 Å². The van der Waals surface area contributed by atoms with Gasteiger partial charge in [-0.15, -0.1) is 0 Å². The number of ether oxygens (including phenoxy) is 1. The fourth-order valence-corrected chi connectivity index (χ4v) is 4.32. The zero-order chi connectivity index (χ0) is 26.1. The van der Waals surface area contributed by atoms with Crippen LogP contribution in [0.15, 0.2) is 66.7 Å². The van der Waals surface area contributed by atoms with Gasteiger partial charge in [0.1, 0.15) is 11.8 Å². The standard InChI is InChI=1S/C29H32Cl2N2O3/c1-4-15-32-29(35)27(17-22-9-6-5-7-10-22)33(18-24-25(30)11-8-12-26(24)31)28(34)19-36-23-14-13-20(2)21(3)16-23/h5-14,16,27H,4,15,17-19H2,1-3H3,(H,32,35)/t27-/m1/s1. The molecular formula is C29H32Cl2N2O3. The Hall–Kier alpha value is -3.02. The topological polar surface area (TPSA) is 58.6 Å². The van der Waals surface area contributed by atoms with Gasteiger partial charge in [0.15, 0.2) is 6.61 Å². The van der Waals surface area contributed by atoms with Gasteiger partial charge in [0.2, 0.25) is 5.91 Å². The SMILES string of the molecule is CCCNC(=O)[C@@H](Cc1ccccc1)N(Cc1c(Cl)cccc1Cl)C(=O)COc1ccc(C)c(C)c1. The first kappa shape index (κ1) is 27.6. The first-order chi connectivity index (χ1) is 17.3. The molecule has 0 aromatic heterocycles. The predicted molar refractivity (Wildman–Crippen MR) is 146 cm³/mol. The molecule has 5 nitrogen and oxygen atoms in total. The average molecular weight is 527 g/mol. The second kappa shape index (κ2) is 13.3. The molecule has 190 valence electrons. The number of hydrogen-bond acceptors (Lipinski definition) is 3. The quantitative estimate of drug-likeness (QED) is 0.325. The van der Waals surface area contributed by atoms with E-state index >= 15 is 0 Å². The van der Waals surface area contributed by atoms with Crippen molar-refractivity contribution in [3.05, 3.63) is 99.0 Å². The molecule has 1 atom stereocenters. The lowest BCUT2D eigenvalue weighted by Crippen LogP contribution is -2.51. The monoisotopic (exact) mass is 526 g/mol. The summed E-state index contributed by atoms with van der Waals surface area (Å²) in [6.07, 6.45) is 1.12. The van der Waals surface area contributed by atoms with Crippen LogP contribution < -0.4 is 10.1 Å². The third kappa shape index (κ3) is 7.49. The molecule has 0 spiro atoms. The summed E-state index contributed by atoms with van der Waals surface area (Å²) in [6, 6.07) is 19.7. The van der Waals surface area contributed by atoms with Gasteiger partial charge in [-0.2, -0.15) is 0 Å². The van der Waals surface area contributed by atoms with Crippen LogP contribution in [0, 0.1) is 13.8 Å². The first-order valence-electron chi connectivity index (χ1n) is 12.0. The molecule has 3 aromatic carbocycles. The Bertz CT molecular complexity index is 1160. The molecule has 0 radical (unpaired) electrons. The lowest BCUT2D eigenvalue weighted by atomic mass is 10.0. The van der Waals surface area contributed by atoms with E-state index in [2.05, 4.69) is 5.32 Å². The van der Waals surface area contributed by atoms with E-state index in [9.17, 15) is 9.59 Å². The van der Waals surface area contributed by atoms with Gasteiger partial charge in [0, 0.05) is 35.1 Å². The number of hydrogen-bond donors (Lipinski definition) is 1. The second-order valence-electron chi connectivity index (χ2n) is 8.75. The van der Waals surface area contributed by atoms with Gasteiger partial charge in [-0.1, -0.05) is 72.6 Å². The lowest BCUT2D eigenvalue weighted by molar-refractivity contribution is -0.142. The van der Waals surface area contributed by atoms with Crippen molar-refractivity contribution in [2.75, 3.05) is 13.2 Å². The third-order valence-corrected chi connectivity index (χ3v) is 6.76. The number of carbonyl (C=O) groups excluding carboxylic acids is 2. The van der Waals surface area contributed by atoms with Crippen LogP contribution in [0.5, 0.6) is 5.75 Å². The van der Waals surface area contributed by atoms with E-state index in [-0.39, 0.29) is 25.0 Å². The van der Waals surface area contributed by atoms with E-state index in [4.69, 9.17) is 27.9 Å². The minimum Gasteiger partial charge on any atom is -0.484 e. The van der Waals surface area contributed by atoms with Crippen LogP contribution in [0.1, 0.15) is 35.6 Å². The van der Waals surface area contributed by atoms with Gasteiger partial charge < -0.3 is 15.0 Å². The molecular weight excluding hydrogens is 495 g/mol. The Balaban J connectivity index is 1.94. The number of nitrogens with one attached hydrogen (secondary N) is 1. The third-order valence-electron chi connectivity index (χ3n) is 6.05. The fraction of sp³-hybridized carbons (Fsp3) is 0.310. The van der Waals surface area contributed by atoms with Crippen molar-refractivity contribution in [3.8, 4) is 5.75 Å². The molecule has 0 unspecified atom stereocenters. The smallest absolute Gasteiger partial charge is 0.261 e. The molecule has 0 heterocycles. The molecule has 0 bridgehead atoms. The molecule has 3 rings (SSSR count). The largest absolute Gasteiger partial charge is 0.484 e. The number of benzene rings is 3. The van der Waals surface area contributed by atoms with Gasteiger partial charge in [-0.3, -0.25) is 9.59 Å². The van der Waals surface area contributed by atoms with E-state index < -0.39 is 6.04 Å². The molecule has 1 N–H and O–H groups in total. The maximum Gasteiger partial charge on any atom is 0.261 e. The van der Waals surface area contributed by atoms with Crippen molar-refractivity contribution in [3.63, 3.8) is 0 Å². The van der Waals surface area contributed by atoms with E-state index in [1.807, 2.05) is 69.3 Å². The van der Waals surface area contributed by atoms with Gasteiger partial charge in [0.25, 0.3) is 5.91 Å². The maximum absolute atomic E-state index is 13.6. The van der Waals surface area contributed by atoms with Gasteiger partial charge in [-0.05, 0) is 61.2 Å². The normalized spacial score (nSPS) is 11.6. The number of rotatable bonds is 11. The van der Waals surface area contributed by atoms with Crippen molar-refractivity contribution in [1.29, 1.82) is 0 Å². The van der Waals surface area contributed by atoms with E-state index in [1.54, 1.807) is 18.2 Å². The average Bonchev–Trinajstić information content (AvgIpc) is 2.87. The molecule has 0 fully saturated rings. The fourth-order valence-electron chi connectivity index (χ4n) is 3.81. The van der Waals surface area contributed by atoms with Crippen LogP contribution >= 0.6 is 23.2 Å². The Morgan fingerprint density at radius 2 is 1.64 bits per heavy atom. The lowest BCUT2D eigenvalue weighted by Gasteiger charge is -2.32. The van der Waals surface area contributed by atoms with Crippen LogP contribution in [0.3, 0.4) is 0 Å². The van der Waals surface area contributed by atoms with Crippen LogP contribution in [-0.2, 0) is 22.6 Å². The number of nitrogens with zero attached hydrogens (tertiary/aromatic N) is 1. The number of halogens is 2. The summed E-state index contributed by atoms with van der Waals surface area (Å²) in [5.74, 6) is 0.0254. The Morgan fingerprint density at radius 3 is 2.28 bits per heavy atom. The molecule has 2 amide bonds. The van der Waals surface area contributed by atoms with E-state index in [0.29, 0.717) is 34.3 Å².